The average Bonchev–Trinajstić information content (AvgIpc) is 2.91. The van der Waals surface area contributed by atoms with Crippen LogP contribution < -0.4 is 16.8 Å². The highest BCUT2D eigenvalue weighted by molar-refractivity contribution is 5.94. The van der Waals surface area contributed by atoms with Gasteiger partial charge in [0.05, 0.1) is 0 Å². The van der Waals surface area contributed by atoms with Crippen LogP contribution in [0.4, 0.5) is 5.82 Å². The number of amides is 1. The first-order chi connectivity index (χ1) is 9.51. The molecule has 0 saturated heterocycles. The van der Waals surface area contributed by atoms with E-state index in [0.29, 0.717) is 18.1 Å². The van der Waals surface area contributed by atoms with Gasteiger partial charge in [-0.1, -0.05) is 0 Å². The van der Waals surface area contributed by atoms with Crippen LogP contribution in [-0.2, 0) is 0 Å². The largest absolute Gasteiger partial charge is 0.384 e. The van der Waals surface area contributed by atoms with Crippen molar-refractivity contribution in [3.05, 3.63) is 35.8 Å². The van der Waals surface area contributed by atoms with E-state index in [9.17, 15) is 4.79 Å². The predicted octanol–water partition coefficient (Wildman–Crippen LogP) is 1.04. The molecule has 2 rings (SSSR count). The summed E-state index contributed by atoms with van der Waals surface area (Å²) in [6.07, 6.45) is 3.50. The van der Waals surface area contributed by atoms with Gasteiger partial charge in [0.25, 0.3) is 5.91 Å². The molecule has 6 heteroatoms. The maximum Gasteiger partial charge on any atom is 0.267 e. The van der Waals surface area contributed by atoms with E-state index >= 15 is 0 Å². The number of rotatable bonds is 4. The van der Waals surface area contributed by atoms with E-state index in [4.69, 9.17) is 11.5 Å². The van der Waals surface area contributed by atoms with Crippen LogP contribution in [-0.4, -0.2) is 28.5 Å². The third-order valence-corrected chi connectivity index (χ3v) is 3.09. The summed E-state index contributed by atoms with van der Waals surface area (Å²) in [5.41, 5.74) is 14.5. The molecule has 0 aliphatic heterocycles. The molecule has 0 radical (unpaired) electrons. The van der Waals surface area contributed by atoms with Crippen LogP contribution in [0, 0.1) is 6.92 Å². The minimum absolute atomic E-state index is 0.0624. The Kier molecular flexibility index (Phi) is 4.05. The molecule has 0 aromatic carbocycles. The summed E-state index contributed by atoms with van der Waals surface area (Å²) in [4.78, 5) is 19.0. The van der Waals surface area contributed by atoms with Crippen molar-refractivity contribution in [2.24, 2.45) is 5.73 Å². The molecule has 1 amide bonds. The highest BCUT2D eigenvalue weighted by Crippen LogP contribution is 2.25. The number of hydrogen-bond donors (Lipinski definition) is 4. The summed E-state index contributed by atoms with van der Waals surface area (Å²) >= 11 is 0. The van der Waals surface area contributed by atoms with E-state index in [1.165, 1.54) is 0 Å². The summed E-state index contributed by atoms with van der Waals surface area (Å²) < 4.78 is 0. The lowest BCUT2D eigenvalue weighted by molar-refractivity contribution is 0.0937. The Balaban J connectivity index is 2.24. The molecule has 0 bridgehead atoms. The van der Waals surface area contributed by atoms with Gasteiger partial charge in [-0.05, 0) is 37.1 Å². The number of nitrogens with one attached hydrogen (secondary N) is 2. The van der Waals surface area contributed by atoms with Gasteiger partial charge in [-0.3, -0.25) is 4.79 Å². The van der Waals surface area contributed by atoms with Crippen molar-refractivity contribution in [2.45, 2.75) is 19.9 Å². The van der Waals surface area contributed by atoms with E-state index in [1.807, 2.05) is 13.8 Å². The van der Waals surface area contributed by atoms with Crippen molar-refractivity contribution < 1.29 is 4.79 Å². The Hall–Kier alpha value is -2.34. The lowest BCUT2D eigenvalue weighted by Gasteiger charge is -2.09. The van der Waals surface area contributed by atoms with Gasteiger partial charge in [-0.2, -0.15) is 0 Å². The minimum atomic E-state index is -0.172. The fourth-order valence-electron chi connectivity index (χ4n) is 1.89. The zero-order chi connectivity index (χ0) is 14.7. The van der Waals surface area contributed by atoms with Crippen LogP contribution in [0.5, 0.6) is 0 Å². The highest BCUT2D eigenvalue weighted by Gasteiger charge is 2.12. The molecule has 2 heterocycles. The van der Waals surface area contributed by atoms with E-state index in [-0.39, 0.29) is 11.9 Å². The van der Waals surface area contributed by atoms with E-state index < -0.39 is 0 Å². The number of aromatic amines is 1. The molecular formula is C14H19N5O. The van der Waals surface area contributed by atoms with Crippen molar-refractivity contribution in [3.63, 3.8) is 0 Å². The number of pyridine rings is 1. The van der Waals surface area contributed by atoms with Gasteiger partial charge in [0.15, 0.2) is 0 Å². The molecule has 0 fully saturated rings. The first-order valence-electron chi connectivity index (χ1n) is 6.43. The maximum atomic E-state index is 12.0. The Morgan fingerprint density at radius 3 is 2.95 bits per heavy atom. The van der Waals surface area contributed by atoms with Crippen molar-refractivity contribution in [1.82, 2.24) is 15.3 Å². The number of aryl methyl sites for hydroxylation is 1. The third-order valence-electron chi connectivity index (χ3n) is 3.09. The summed E-state index contributed by atoms with van der Waals surface area (Å²) in [7, 11) is 0. The predicted molar refractivity (Wildman–Crippen MR) is 79.2 cm³/mol. The average molecular weight is 273 g/mol. The third kappa shape index (κ3) is 2.97. The second-order valence-corrected chi connectivity index (χ2v) is 4.84. The minimum Gasteiger partial charge on any atom is -0.384 e. The lowest BCUT2D eigenvalue weighted by Crippen LogP contribution is -2.37. The van der Waals surface area contributed by atoms with Crippen LogP contribution in [0.1, 0.15) is 23.0 Å². The molecule has 1 atom stereocenters. The molecule has 0 aliphatic rings. The number of H-pyrrole nitrogens is 1. The van der Waals surface area contributed by atoms with Crippen LogP contribution in [0.15, 0.2) is 24.5 Å². The molecule has 0 saturated carbocycles. The quantitative estimate of drug-likeness (QED) is 0.667. The molecule has 106 valence electrons. The van der Waals surface area contributed by atoms with E-state index in [2.05, 4.69) is 15.3 Å². The first kappa shape index (κ1) is 14.1. The Morgan fingerprint density at radius 1 is 1.50 bits per heavy atom. The first-order valence-corrected chi connectivity index (χ1v) is 6.43. The topological polar surface area (TPSA) is 110 Å². The van der Waals surface area contributed by atoms with Gasteiger partial charge >= 0.3 is 0 Å². The van der Waals surface area contributed by atoms with Crippen LogP contribution in [0.25, 0.3) is 11.1 Å². The number of carbonyl (C=O) groups is 1. The number of nitrogen functional groups attached to an aromatic ring is 1. The Bertz CT molecular complexity index is 620. The van der Waals surface area contributed by atoms with Crippen LogP contribution >= 0.6 is 0 Å². The number of carbonyl (C=O) groups excluding carboxylic acids is 1. The fourth-order valence-corrected chi connectivity index (χ4v) is 1.89. The molecule has 2 aromatic heterocycles. The zero-order valence-electron chi connectivity index (χ0n) is 11.6. The monoisotopic (exact) mass is 273 g/mol. The highest BCUT2D eigenvalue weighted by atomic mass is 16.1. The number of nitrogens with two attached hydrogens (primary N) is 2. The Labute approximate surface area is 117 Å². The Morgan fingerprint density at radius 2 is 2.25 bits per heavy atom. The lowest BCUT2D eigenvalue weighted by atomic mass is 10.1. The molecule has 20 heavy (non-hydrogen) atoms. The molecule has 0 aliphatic carbocycles. The summed E-state index contributed by atoms with van der Waals surface area (Å²) in [5.74, 6) is 0.281. The molecule has 0 unspecified atom stereocenters. The maximum absolute atomic E-state index is 12.0. The van der Waals surface area contributed by atoms with Crippen LogP contribution in [0.3, 0.4) is 0 Å². The summed E-state index contributed by atoms with van der Waals surface area (Å²) in [5, 5.41) is 2.80. The standard InChI is InChI=1S/C14H19N5O/c1-8-6-18-13(16)4-11(8)10-3-12(17-7-10)14(20)19-9(2)5-15/h3-4,6-7,9,17H,5,15H2,1-2H3,(H2,16,18)(H,19,20)/t9-/m0/s1. The molecule has 6 N–H and O–H groups in total. The van der Waals surface area contributed by atoms with Crippen molar-refractivity contribution in [3.8, 4) is 11.1 Å². The number of nitrogens with zero attached hydrogens (tertiary/aromatic N) is 1. The van der Waals surface area contributed by atoms with E-state index in [0.717, 1.165) is 16.7 Å². The second-order valence-electron chi connectivity index (χ2n) is 4.84. The normalized spacial score (nSPS) is 12.2. The van der Waals surface area contributed by atoms with Gasteiger partial charge < -0.3 is 21.8 Å². The van der Waals surface area contributed by atoms with Crippen molar-refractivity contribution in [1.29, 1.82) is 0 Å². The van der Waals surface area contributed by atoms with Crippen molar-refractivity contribution >= 4 is 11.7 Å². The van der Waals surface area contributed by atoms with Gasteiger partial charge in [-0.25, -0.2) is 4.98 Å². The SMILES string of the molecule is Cc1cnc(N)cc1-c1c[nH]c(C(=O)N[C@@H](C)CN)c1. The molecule has 6 nitrogen and oxygen atoms in total. The summed E-state index contributed by atoms with van der Waals surface area (Å²) in [6, 6.07) is 3.52. The molecule has 0 spiro atoms. The van der Waals surface area contributed by atoms with E-state index in [1.54, 1.807) is 24.5 Å². The second kappa shape index (κ2) is 5.75. The number of anilines is 1. The smallest absolute Gasteiger partial charge is 0.267 e. The fraction of sp³-hybridized carbons (Fsp3) is 0.286. The number of aromatic nitrogens is 2. The van der Waals surface area contributed by atoms with Gasteiger partial charge in [0.1, 0.15) is 11.5 Å². The molecular weight excluding hydrogens is 254 g/mol. The molecule has 2 aromatic rings. The van der Waals surface area contributed by atoms with Gasteiger partial charge in [0.2, 0.25) is 0 Å². The summed E-state index contributed by atoms with van der Waals surface area (Å²) in [6.45, 7) is 4.21. The number of hydrogen-bond acceptors (Lipinski definition) is 4. The van der Waals surface area contributed by atoms with Crippen LogP contribution in [0.2, 0.25) is 0 Å². The van der Waals surface area contributed by atoms with Gasteiger partial charge in [0, 0.05) is 30.5 Å². The zero-order valence-corrected chi connectivity index (χ0v) is 11.6. The van der Waals surface area contributed by atoms with Gasteiger partial charge in [-0.15, -0.1) is 0 Å². The van der Waals surface area contributed by atoms with Crippen molar-refractivity contribution in [2.75, 3.05) is 12.3 Å².